The van der Waals surface area contributed by atoms with E-state index in [1.54, 1.807) is 0 Å². The maximum atomic E-state index is 4.64. The van der Waals surface area contributed by atoms with Crippen molar-refractivity contribution in [2.24, 2.45) is 0 Å². The van der Waals surface area contributed by atoms with Crippen LogP contribution in [0.1, 0.15) is 33.3 Å². The predicted molar refractivity (Wildman–Crippen MR) is 72.0 cm³/mol. The molecule has 0 saturated heterocycles. The second kappa shape index (κ2) is 4.36. The van der Waals surface area contributed by atoms with Crippen molar-refractivity contribution in [2.45, 2.75) is 39.7 Å². The maximum absolute atomic E-state index is 4.64. The molecule has 0 spiro atoms. The topological polar surface area (TPSA) is 17.8 Å². The van der Waals surface area contributed by atoms with Crippen LogP contribution in [0.4, 0.5) is 0 Å². The summed E-state index contributed by atoms with van der Waals surface area (Å²) in [6.07, 6.45) is 3.11. The monoisotopic (exact) mass is 228 g/mol. The molecule has 90 valence electrons. The molecule has 0 aliphatic carbocycles. The summed E-state index contributed by atoms with van der Waals surface area (Å²) in [6, 6.07) is 10.7. The van der Waals surface area contributed by atoms with E-state index in [-0.39, 0.29) is 5.54 Å². The number of rotatable bonds is 2. The fourth-order valence-corrected chi connectivity index (χ4v) is 1.80. The summed E-state index contributed by atoms with van der Waals surface area (Å²) in [5.41, 5.74) is 3.65. The molecule has 0 N–H and O–H groups in total. The molecule has 0 aliphatic heterocycles. The van der Waals surface area contributed by atoms with Crippen LogP contribution in [-0.4, -0.2) is 9.78 Å². The van der Waals surface area contributed by atoms with E-state index in [1.807, 2.05) is 10.9 Å². The number of benzene rings is 1. The molecule has 0 amide bonds. The molecular weight excluding hydrogens is 208 g/mol. The standard InChI is InChI=1S/C15H20N2/c1-5-12-7-6-8-13(11-12)14-9-10-17(16-14)15(2,3)4/h6-11H,5H2,1-4H3. The van der Waals surface area contributed by atoms with Gasteiger partial charge in [-0.2, -0.15) is 5.10 Å². The van der Waals surface area contributed by atoms with Crippen LogP contribution in [0, 0.1) is 0 Å². The summed E-state index contributed by atoms with van der Waals surface area (Å²) in [4.78, 5) is 0. The van der Waals surface area contributed by atoms with Gasteiger partial charge in [0.25, 0.3) is 0 Å². The first-order valence-electron chi connectivity index (χ1n) is 6.16. The van der Waals surface area contributed by atoms with E-state index in [2.05, 4.69) is 63.1 Å². The van der Waals surface area contributed by atoms with Gasteiger partial charge < -0.3 is 0 Å². The zero-order valence-electron chi connectivity index (χ0n) is 11.1. The van der Waals surface area contributed by atoms with Crippen LogP contribution in [0.5, 0.6) is 0 Å². The minimum Gasteiger partial charge on any atom is -0.267 e. The van der Waals surface area contributed by atoms with Crippen molar-refractivity contribution in [3.63, 3.8) is 0 Å². The Morgan fingerprint density at radius 3 is 2.53 bits per heavy atom. The van der Waals surface area contributed by atoms with Gasteiger partial charge in [0.15, 0.2) is 0 Å². The Kier molecular flexibility index (Phi) is 3.05. The smallest absolute Gasteiger partial charge is 0.0923 e. The molecule has 1 heterocycles. The molecule has 0 bridgehead atoms. The lowest BCUT2D eigenvalue weighted by Gasteiger charge is -2.18. The van der Waals surface area contributed by atoms with E-state index < -0.39 is 0 Å². The van der Waals surface area contributed by atoms with Crippen molar-refractivity contribution >= 4 is 0 Å². The Balaban J connectivity index is 2.37. The summed E-state index contributed by atoms with van der Waals surface area (Å²) in [6.45, 7) is 8.65. The van der Waals surface area contributed by atoms with Gasteiger partial charge >= 0.3 is 0 Å². The van der Waals surface area contributed by atoms with Crippen molar-refractivity contribution in [1.29, 1.82) is 0 Å². The summed E-state index contributed by atoms with van der Waals surface area (Å²) in [7, 11) is 0. The fourth-order valence-electron chi connectivity index (χ4n) is 1.80. The second-order valence-electron chi connectivity index (χ2n) is 5.37. The lowest BCUT2D eigenvalue weighted by Crippen LogP contribution is -2.22. The molecule has 0 fully saturated rings. The number of aromatic nitrogens is 2. The Hall–Kier alpha value is -1.57. The molecule has 0 aliphatic rings. The first-order valence-corrected chi connectivity index (χ1v) is 6.16. The second-order valence-corrected chi connectivity index (χ2v) is 5.37. The minimum atomic E-state index is 0.0423. The Bertz CT molecular complexity index is 504. The van der Waals surface area contributed by atoms with E-state index in [0.29, 0.717) is 0 Å². The SMILES string of the molecule is CCc1cccc(-c2ccn(C(C)(C)C)n2)c1. The maximum Gasteiger partial charge on any atom is 0.0923 e. The number of hydrogen-bond donors (Lipinski definition) is 0. The highest BCUT2D eigenvalue weighted by molar-refractivity contribution is 5.59. The third-order valence-corrected chi connectivity index (χ3v) is 2.91. The van der Waals surface area contributed by atoms with E-state index in [4.69, 9.17) is 0 Å². The van der Waals surface area contributed by atoms with Gasteiger partial charge in [0.05, 0.1) is 11.2 Å². The van der Waals surface area contributed by atoms with Gasteiger partial charge in [-0.25, -0.2) is 0 Å². The number of hydrogen-bond acceptors (Lipinski definition) is 1. The molecular formula is C15H20N2. The van der Waals surface area contributed by atoms with Gasteiger partial charge in [-0.15, -0.1) is 0 Å². The van der Waals surface area contributed by atoms with Crippen LogP contribution >= 0.6 is 0 Å². The van der Waals surface area contributed by atoms with Crippen LogP contribution in [0.25, 0.3) is 11.3 Å². The van der Waals surface area contributed by atoms with E-state index in [0.717, 1.165) is 12.1 Å². The summed E-state index contributed by atoms with van der Waals surface area (Å²) < 4.78 is 2.01. The predicted octanol–water partition coefficient (Wildman–Crippen LogP) is 3.87. The summed E-state index contributed by atoms with van der Waals surface area (Å²) in [5.74, 6) is 0. The Labute approximate surface area is 103 Å². The van der Waals surface area contributed by atoms with Gasteiger partial charge in [0.1, 0.15) is 0 Å². The highest BCUT2D eigenvalue weighted by Gasteiger charge is 2.14. The summed E-state index contributed by atoms with van der Waals surface area (Å²) >= 11 is 0. The summed E-state index contributed by atoms with van der Waals surface area (Å²) in [5, 5.41) is 4.64. The van der Waals surface area contributed by atoms with Crippen LogP contribution in [-0.2, 0) is 12.0 Å². The molecule has 0 radical (unpaired) electrons. The normalized spacial score (nSPS) is 11.8. The van der Waals surface area contributed by atoms with E-state index in [9.17, 15) is 0 Å². The number of nitrogens with zero attached hydrogens (tertiary/aromatic N) is 2. The quantitative estimate of drug-likeness (QED) is 0.763. The average Bonchev–Trinajstić information content (AvgIpc) is 2.78. The zero-order chi connectivity index (χ0) is 12.5. The fraction of sp³-hybridized carbons (Fsp3) is 0.400. The highest BCUT2D eigenvalue weighted by Crippen LogP contribution is 2.21. The third kappa shape index (κ3) is 2.57. The van der Waals surface area contributed by atoms with Crippen LogP contribution in [0.3, 0.4) is 0 Å². The largest absolute Gasteiger partial charge is 0.267 e. The first-order chi connectivity index (χ1) is 8.00. The Morgan fingerprint density at radius 2 is 1.94 bits per heavy atom. The third-order valence-electron chi connectivity index (χ3n) is 2.91. The number of aryl methyl sites for hydroxylation is 1. The van der Waals surface area contributed by atoms with Crippen molar-refractivity contribution in [3.8, 4) is 11.3 Å². The van der Waals surface area contributed by atoms with Crippen molar-refractivity contribution < 1.29 is 0 Å². The van der Waals surface area contributed by atoms with Crippen molar-refractivity contribution in [3.05, 3.63) is 42.1 Å². The molecule has 2 nitrogen and oxygen atoms in total. The minimum absolute atomic E-state index is 0.0423. The van der Waals surface area contributed by atoms with Crippen molar-refractivity contribution in [2.75, 3.05) is 0 Å². The molecule has 0 unspecified atom stereocenters. The van der Waals surface area contributed by atoms with Gasteiger partial charge in [-0.1, -0.05) is 25.1 Å². The van der Waals surface area contributed by atoms with Crippen LogP contribution in [0.2, 0.25) is 0 Å². The molecule has 17 heavy (non-hydrogen) atoms. The van der Waals surface area contributed by atoms with E-state index in [1.165, 1.54) is 11.1 Å². The van der Waals surface area contributed by atoms with Gasteiger partial charge in [0.2, 0.25) is 0 Å². The molecule has 0 atom stereocenters. The molecule has 2 heteroatoms. The average molecular weight is 228 g/mol. The van der Waals surface area contributed by atoms with Crippen LogP contribution in [0.15, 0.2) is 36.5 Å². The van der Waals surface area contributed by atoms with Gasteiger partial charge in [0, 0.05) is 11.8 Å². The first kappa shape index (κ1) is 11.9. The highest BCUT2D eigenvalue weighted by atomic mass is 15.3. The van der Waals surface area contributed by atoms with Gasteiger partial charge in [-0.3, -0.25) is 4.68 Å². The molecule has 1 aromatic heterocycles. The molecule has 0 saturated carbocycles. The zero-order valence-corrected chi connectivity index (χ0v) is 11.1. The molecule has 1 aromatic carbocycles. The molecule has 2 rings (SSSR count). The van der Waals surface area contributed by atoms with Crippen LogP contribution < -0.4 is 0 Å². The Morgan fingerprint density at radius 1 is 1.18 bits per heavy atom. The lowest BCUT2D eigenvalue weighted by molar-refractivity contribution is 0.356. The van der Waals surface area contributed by atoms with E-state index >= 15 is 0 Å². The van der Waals surface area contributed by atoms with Crippen molar-refractivity contribution in [1.82, 2.24) is 9.78 Å². The van der Waals surface area contributed by atoms with Gasteiger partial charge in [-0.05, 0) is 44.9 Å². The lowest BCUT2D eigenvalue weighted by atomic mass is 10.1. The molecule has 2 aromatic rings.